The molecule has 13 heteroatoms. The zero-order chi connectivity index (χ0) is 20.5. The minimum atomic E-state index is -4.50. The van der Waals surface area contributed by atoms with E-state index >= 15 is 0 Å². The first-order valence-corrected chi connectivity index (χ1v) is 9.88. The Kier molecular flexibility index (Phi) is 5.48. The Morgan fingerprint density at radius 2 is 2.04 bits per heavy atom. The number of nitrogens with zero attached hydrogens (tertiary/aromatic N) is 4. The van der Waals surface area contributed by atoms with Crippen LogP contribution in [0, 0.1) is 0 Å². The van der Waals surface area contributed by atoms with E-state index in [1.54, 1.807) is 16.9 Å². The van der Waals surface area contributed by atoms with Crippen molar-refractivity contribution in [2.45, 2.75) is 30.0 Å². The molecule has 154 valence electrons. The fraction of sp³-hybridized carbons (Fsp3) is 0.533. The van der Waals surface area contributed by atoms with E-state index < -0.39 is 28.7 Å². The van der Waals surface area contributed by atoms with Gasteiger partial charge >= 0.3 is 6.18 Å². The van der Waals surface area contributed by atoms with E-state index in [4.69, 9.17) is 0 Å². The van der Waals surface area contributed by atoms with E-state index in [2.05, 4.69) is 15.2 Å². The van der Waals surface area contributed by atoms with Gasteiger partial charge in [-0.1, -0.05) is 0 Å². The van der Waals surface area contributed by atoms with Crippen LogP contribution < -0.4 is 5.32 Å². The molecule has 0 aliphatic carbocycles. The van der Waals surface area contributed by atoms with Crippen LogP contribution in [0.25, 0.3) is 0 Å². The van der Waals surface area contributed by atoms with Crippen LogP contribution in [0.1, 0.15) is 34.9 Å². The molecular formula is C15H19F3N6O3S. The second-order valence-corrected chi connectivity index (χ2v) is 8.45. The van der Waals surface area contributed by atoms with Gasteiger partial charge in [-0.2, -0.15) is 22.6 Å². The summed E-state index contributed by atoms with van der Waals surface area (Å²) < 4.78 is 64.6. The van der Waals surface area contributed by atoms with Gasteiger partial charge in [0.1, 0.15) is 12.2 Å². The number of carbonyl (C=O) groups is 1. The lowest BCUT2D eigenvalue weighted by molar-refractivity contribution is -0.123. The number of imidazole rings is 1. The lowest BCUT2D eigenvalue weighted by atomic mass is 9.94. The maximum atomic E-state index is 12.6. The van der Waals surface area contributed by atoms with Crippen molar-refractivity contribution in [3.8, 4) is 0 Å². The molecule has 1 saturated heterocycles. The van der Waals surface area contributed by atoms with Gasteiger partial charge in [-0.15, -0.1) is 0 Å². The molecule has 2 aromatic heterocycles. The average molecular weight is 420 g/mol. The van der Waals surface area contributed by atoms with Crippen LogP contribution in [0.3, 0.4) is 0 Å². The summed E-state index contributed by atoms with van der Waals surface area (Å²) >= 11 is 0. The van der Waals surface area contributed by atoms with Crippen molar-refractivity contribution >= 4 is 15.9 Å². The minimum Gasteiger partial charge on any atom is -0.342 e. The standard InChI is InChI=1S/C15H19F3N6O3S/c1-23-7-13(20-9-23)28(26,27)24-4-2-10(3-5-24)11-6-12(22-21-11)14(25)19-8-15(16,17)18/h6-7,9-10H,2-5,8H2,1H3,(H,19,25)(H,21,22). The van der Waals surface area contributed by atoms with Crippen LogP contribution in [0.5, 0.6) is 0 Å². The molecule has 28 heavy (non-hydrogen) atoms. The van der Waals surface area contributed by atoms with Crippen molar-refractivity contribution < 1.29 is 26.4 Å². The molecule has 0 unspecified atom stereocenters. The molecule has 0 aromatic carbocycles. The summed E-state index contributed by atoms with van der Waals surface area (Å²) in [5, 5.41) is 8.17. The number of halogens is 3. The Labute approximate surface area is 159 Å². The molecule has 0 radical (unpaired) electrons. The van der Waals surface area contributed by atoms with Gasteiger partial charge in [0.05, 0.1) is 6.33 Å². The molecular weight excluding hydrogens is 401 g/mol. The molecule has 9 nitrogen and oxygen atoms in total. The predicted molar refractivity (Wildman–Crippen MR) is 90.9 cm³/mol. The second kappa shape index (κ2) is 7.54. The van der Waals surface area contributed by atoms with Crippen molar-refractivity contribution in [2.24, 2.45) is 7.05 Å². The number of aromatic amines is 1. The normalized spacial score (nSPS) is 17.0. The topological polar surface area (TPSA) is 113 Å². The molecule has 2 aromatic rings. The Morgan fingerprint density at radius 1 is 1.36 bits per heavy atom. The smallest absolute Gasteiger partial charge is 0.342 e. The SMILES string of the molecule is Cn1cnc(S(=O)(=O)N2CCC(c3cc(C(=O)NCC(F)(F)F)n[nH]3)CC2)c1. The number of H-pyrrole nitrogens is 1. The third-order valence-corrected chi connectivity index (χ3v) is 6.24. The van der Waals surface area contributed by atoms with Gasteiger partial charge in [0.25, 0.3) is 15.9 Å². The van der Waals surface area contributed by atoms with E-state index in [0.29, 0.717) is 18.5 Å². The molecule has 3 heterocycles. The van der Waals surface area contributed by atoms with Crippen LogP contribution in [0.15, 0.2) is 23.6 Å². The van der Waals surface area contributed by atoms with Gasteiger partial charge in [-0.05, 0) is 18.9 Å². The Balaban J connectivity index is 1.60. The zero-order valence-corrected chi connectivity index (χ0v) is 15.7. The lowest BCUT2D eigenvalue weighted by Gasteiger charge is -2.29. The Morgan fingerprint density at radius 3 is 2.61 bits per heavy atom. The van der Waals surface area contributed by atoms with Crippen LogP contribution in [0.4, 0.5) is 13.2 Å². The number of nitrogens with one attached hydrogen (secondary N) is 2. The molecule has 1 amide bonds. The summed E-state index contributed by atoms with van der Waals surface area (Å²) in [6, 6.07) is 1.40. The number of hydrogen-bond donors (Lipinski definition) is 2. The van der Waals surface area contributed by atoms with Gasteiger partial charge in [0.2, 0.25) is 0 Å². The molecule has 2 N–H and O–H groups in total. The highest BCUT2D eigenvalue weighted by atomic mass is 32.2. The third-order valence-electron chi connectivity index (χ3n) is 4.46. The first-order chi connectivity index (χ1) is 13.1. The van der Waals surface area contributed by atoms with Crippen molar-refractivity contribution in [1.29, 1.82) is 0 Å². The van der Waals surface area contributed by atoms with Crippen LogP contribution in [-0.2, 0) is 17.1 Å². The number of piperidine rings is 1. The van der Waals surface area contributed by atoms with Crippen molar-refractivity contribution in [2.75, 3.05) is 19.6 Å². The zero-order valence-electron chi connectivity index (χ0n) is 14.9. The first-order valence-electron chi connectivity index (χ1n) is 8.44. The molecule has 1 fully saturated rings. The third kappa shape index (κ3) is 4.52. The van der Waals surface area contributed by atoms with E-state index in [-0.39, 0.29) is 29.7 Å². The summed E-state index contributed by atoms with van der Waals surface area (Å²) in [5.74, 6) is -0.998. The number of sulfonamides is 1. The molecule has 3 rings (SSSR count). The number of hydrogen-bond acceptors (Lipinski definition) is 5. The maximum absolute atomic E-state index is 12.6. The van der Waals surface area contributed by atoms with Crippen molar-refractivity contribution in [3.63, 3.8) is 0 Å². The minimum absolute atomic E-state index is 0.0152. The Hall–Kier alpha value is -2.41. The molecule has 1 aliphatic rings. The summed E-state index contributed by atoms with van der Waals surface area (Å²) in [6.45, 7) is -0.909. The van der Waals surface area contributed by atoms with Gasteiger partial charge < -0.3 is 9.88 Å². The number of carbonyl (C=O) groups excluding carboxylic acids is 1. The van der Waals surface area contributed by atoms with Gasteiger partial charge in [-0.25, -0.2) is 13.4 Å². The first kappa shape index (κ1) is 20.3. The number of alkyl halides is 3. The molecule has 0 atom stereocenters. The molecule has 1 aliphatic heterocycles. The quantitative estimate of drug-likeness (QED) is 0.750. The Bertz CT molecular complexity index is 944. The molecule has 0 bridgehead atoms. The van der Waals surface area contributed by atoms with E-state index in [9.17, 15) is 26.4 Å². The maximum Gasteiger partial charge on any atom is 0.405 e. The highest BCUT2D eigenvalue weighted by Gasteiger charge is 2.32. The number of rotatable bonds is 5. The number of aryl methyl sites for hydroxylation is 1. The highest BCUT2D eigenvalue weighted by Crippen LogP contribution is 2.29. The molecule has 0 saturated carbocycles. The van der Waals surface area contributed by atoms with Crippen molar-refractivity contribution in [3.05, 3.63) is 30.0 Å². The summed E-state index contributed by atoms with van der Waals surface area (Å²) in [6.07, 6.45) is -0.686. The summed E-state index contributed by atoms with van der Waals surface area (Å²) in [7, 11) is -1.99. The fourth-order valence-electron chi connectivity index (χ4n) is 2.99. The van der Waals surface area contributed by atoms with Gasteiger partial charge in [0.15, 0.2) is 5.03 Å². The summed E-state index contributed by atoms with van der Waals surface area (Å²) in [5.41, 5.74) is 0.454. The number of aromatic nitrogens is 4. The number of amides is 1. The fourth-order valence-corrected chi connectivity index (χ4v) is 4.43. The second-order valence-electron chi connectivity index (χ2n) is 6.56. The largest absolute Gasteiger partial charge is 0.405 e. The van der Waals surface area contributed by atoms with E-state index in [0.717, 1.165) is 0 Å². The van der Waals surface area contributed by atoms with Gasteiger partial charge in [0, 0.05) is 37.9 Å². The monoisotopic (exact) mass is 420 g/mol. The van der Waals surface area contributed by atoms with Crippen LogP contribution in [-0.4, -0.2) is 64.2 Å². The molecule has 0 spiro atoms. The summed E-state index contributed by atoms with van der Waals surface area (Å²) in [4.78, 5) is 15.6. The lowest BCUT2D eigenvalue weighted by Crippen LogP contribution is -2.38. The van der Waals surface area contributed by atoms with Gasteiger partial charge in [-0.3, -0.25) is 9.89 Å². The average Bonchev–Trinajstić information content (AvgIpc) is 3.29. The van der Waals surface area contributed by atoms with Crippen LogP contribution >= 0.6 is 0 Å². The predicted octanol–water partition coefficient (Wildman–Crippen LogP) is 1.00. The van der Waals surface area contributed by atoms with Crippen LogP contribution in [0.2, 0.25) is 0 Å². The highest BCUT2D eigenvalue weighted by molar-refractivity contribution is 7.89. The van der Waals surface area contributed by atoms with E-state index in [1.807, 2.05) is 0 Å². The van der Waals surface area contributed by atoms with Crippen molar-refractivity contribution in [1.82, 2.24) is 29.4 Å². The van der Waals surface area contributed by atoms with E-state index in [1.165, 1.54) is 22.9 Å².